The van der Waals surface area contributed by atoms with E-state index in [1.165, 1.54) is 4.90 Å². The van der Waals surface area contributed by atoms with Crippen molar-refractivity contribution in [1.29, 1.82) is 0 Å². The molecule has 0 aromatic carbocycles. The van der Waals surface area contributed by atoms with Crippen molar-refractivity contribution in [3.8, 4) is 0 Å². The second-order valence-electron chi connectivity index (χ2n) is 5.76. The topological polar surface area (TPSA) is 166 Å². The number of likely N-dealkylation sites (tertiary alicyclic amines) is 1. The Balaban J connectivity index is 0.00000625. The molecular weight excluding hydrogens is 368 g/mol. The zero-order chi connectivity index (χ0) is 18.8. The van der Waals surface area contributed by atoms with Gasteiger partial charge >= 0.3 is 5.97 Å². The maximum atomic E-state index is 12.6. The number of guanidine groups is 1. The van der Waals surface area contributed by atoms with Crippen LogP contribution in [0.5, 0.6) is 0 Å². The molecule has 12 heteroatoms. The predicted molar refractivity (Wildman–Crippen MR) is 97.0 cm³/mol. The summed E-state index contributed by atoms with van der Waals surface area (Å²) in [6.45, 7) is 2.94. The van der Waals surface area contributed by atoms with Crippen LogP contribution >= 0.6 is 12.4 Å². The Bertz CT molecular complexity index is 514. The second kappa shape index (κ2) is 12.1. The first-order valence-electron chi connectivity index (χ1n) is 8.26. The lowest BCUT2D eigenvalue weighted by molar-refractivity contribution is -0.548. The number of rotatable bonds is 9. The fourth-order valence-corrected chi connectivity index (χ4v) is 2.72. The summed E-state index contributed by atoms with van der Waals surface area (Å²) >= 11 is 0. The first kappa shape index (κ1) is 23.7. The maximum absolute atomic E-state index is 12.6. The van der Waals surface area contributed by atoms with Gasteiger partial charge in [0.1, 0.15) is 0 Å². The summed E-state index contributed by atoms with van der Waals surface area (Å²) in [5.74, 6) is -1.21. The first-order chi connectivity index (χ1) is 11.8. The number of nitrogens with zero attached hydrogens (tertiary/aromatic N) is 3. The Morgan fingerprint density at radius 3 is 2.73 bits per heavy atom. The van der Waals surface area contributed by atoms with Gasteiger partial charge in [-0.05, 0) is 32.6 Å². The van der Waals surface area contributed by atoms with Crippen LogP contribution in [0.3, 0.4) is 0 Å². The molecule has 1 aliphatic heterocycles. The first-order valence-corrected chi connectivity index (χ1v) is 8.26. The fraction of sp³-hybridized carbons (Fsp3) is 0.786. The summed E-state index contributed by atoms with van der Waals surface area (Å²) in [6.07, 6.45) is 1.90. The van der Waals surface area contributed by atoms with E-state index in [1.807, 2.05) is 5.43 Å². The zero-order valence-corrected chi connectivity index (χ0v) is 15.6. The van der Waals surface area contributed by atoms with Gasteiger partial charge in [-0.1, -0.05) is 0 Å². The largest absolute Gasteiger partial charge is 0.466 e. The van der Waals surface area contributed by atoms with Crippen molar-refractivity contribution in [2.45, 2.75) is 38.6 Å². The highest BCUT2D eigenvalue weighted by Gasteiger charge is 2.33. The summed E-state index contributed by atoms with van der Waals surface area (Å²) in [6, 6.07) is -0.995. The van der Waals surface area contributed by atoms with E-state index < -0.39 is 22.9 Å². The highest BCUT2D eigenvalue weighted by atomic mass is 35.5. The van der Waals surface area contributed by atoms with Crippen LogP contribution in [0.1, 0.15) is 32.6 Å². The molecule has 1 rings (SSSR count). The normalized spacial score (nSPS) is 17.4. The number of carbonyl (C=O) groups excluding carboxylic acids is 2. The predicted octanol–water partition coefficient (Wildman–Crippen LogP) is -0.587. The molecule has 2 atom stereocenters. The number of hydrogen-bond acceptors (Lipinski definition) is 6. The molecule has 150 valence electrons. The molecule has 1 aliphatic rings. The highest BCUT2D eigenvalue weighted by Crippen LogP contribution is 2.19. The molecule has 0 saturated carbocycles. The van der Waals surface area contributed by atoms with E-state index in [2.05, 4.69) is 4.99 Å². The van der Waals surface area contributed by atoms with Gasteiger partial charge in [-0.25, -0.2) is 10.1 Å². The molecule has 1 heterocycles. The van der Waals surface area contributed by atoms with Crippen LogP contribution in [0.4, 0.5) is 0 Å². The van der Waals surface area contributed by atoms with Crippen LogP contribution in [0.15, 0.2) is 4.99 Å². The summed E-state index contributed by atoms with van der Waals surface area (Å²) in [4.78, 5) is 40.5. The number of amides is 1. The van der Waals surface area contributed by atoms with Gasteiger partial charge in [-0.3, -0.25) is 14.6 Å². The van der Waals surface area contributed by atoms with Crippen LogP contribution in [-0.4, -0.2) is 60.1 Å². The molecule has 11 nitrogen and oxygen atoms in total. The number of ether oxygens (including phenoxy) is 1. The van der Waals surface area contributed by atoms with Gasteiger partial charge in [0.15, 0.2) is 17.0 Å². The number of nitrogens with one attached hydrogen (secondary N) is 1. The third-order valence-electron chi connectivity index (χ3n) is 3.86. The third kappa shape index (κ3) is 8.19. The standard InChI is InChI=1S/C14H26N6O5.ClH/c1-2-25-13(22)10-5-4-8-19(9-10)12(21)11(18-20(23)24)6-3-7-17-14(15)16;/h10-11,18H,2-9H2,1H3,(H4,15,16,17);1H/t10?,11-;/m0./s1. The van der Waals surface area contributed by atoms with E-state index in [-0.39, 0.29) is 50.5 Å². The number of nitro groups is 1. The Labute approximate surface area is 158 Å². The average Bonchev–Trinajstić information content (AvgIpc) is 2.56. The van der Waals surface area contributed by atoms with Gasteiger partial charge < -0.3 is 21.1 Å². The quantitative estimate of drug-likeness (QED) is 0.116. The van der Waals surface area contributed by atoms with Crippen molar-refractivity contribution in [3.63, 3.8) is 0 Å². The van der Waals surface area contributed by atoms with E-state index in [1.54, 1.807) is 6.92 Å². The number of aliphatic imine (C=N–C) groups is 1. The Kier molecular flexibility index (Phi) is 11.0. The molecule has 0 aromatic rings. The third-order valence-corrected chi connectivity index (χ3v) is 3.86. The summed E-state index contributed by atoms with van der Waals surface area (Å²) in [5, 5.41) is 10.0. The maximum Gasteiger partial charge on any atom is 0.310 e. The SMILES string of the molecule is CCOC(=O)C1CCCN(C(=O)[C@H](CCCN=C(N)N)N[N+](=O)[O-])C1.Cl. The monoisotopic (exact) mass is 394 g/mol. The minimum absolute atomic E-state index is 0. The Morgan fingerprint density at radius 1 is 1.46 bits per heavy atom. The fourth-order valence-electron chi connectivity index (χ4n) is 2.72. The minimum atomic E-state index is -0.995. The average molecular weight is 395 g/mol. The second-order valence-corrected chi connectivity index (χ2v) is 5.76. The molecule has 1 amide bonds. The number of esters is 1. The van der Waals surface area contributed by atoms with Crippen LogP contribution < -0.4 is 16.9 Å². The smallest absolute Gasteiger partial charge is 0.310 e. The molecule has 1 fully saturated rings. The van der Waals surface area contributed by atoms with Gasteiger partial charge in [0, 0.05) is 19.6 Å². The lowest BCUT2D eigenvalue weighted by Gasteiger charge is -2.33. The van der Waals surface area contributed by atoms with Crippen LogP contribution in [0, 0.1) is 16.0 Å². The van der Waals surface area contributed by atoms with Crippen molar-refractivity contribution in [2.75, 3.05) is 26.2 Å². The zero-order valence-electron chi connectivity index (χ0n) is 14.8. The number of hydrazine groups is 1. The number of piperidine rings is 1. The number of halogens is 1. The summed E-state index contributed by atoms with van der Waals surface area (Å²) in [5.41, 5.74) is 12.5. The molecule has 0 aromatic heterocycles. The van der Waals surface area contributed by atoms with Crippen molar-refractivity contribution in [3.05, 3.63) is 10.1 Å². The number of carbonyl (C=O) groups is 2. The molecule has 0 aliphatic carbocycles. The van der Waals surface area contributed by atoms with Crippen LogP contribution in [-0.2, 0) is 14.3 Å². The van der Waals surface area contributed by atoms with Crippen molar-refractivity contribution in [2.24, 2.45) is 22.4 Å². The minimum Gasteiger partial charge on any atom is -0.466 e. The lowest BCUT2D eigenvalue weighted by Crippen LogP contribution is -2.52. The van der Waals surface area contributed by atoms with Gasteiger partial charge in [-0.2, -0.15) is 0 Å². The molecule has 1 saturated heterocycles. The van der Waals surface area contributed by atoms with E-state index >= 15 is 0 Å². The van der Waals surface area contributed by atoms with E-state index in [0.717, 1.165) is 0 Å². The molecule has 0 bridgehead atoms. The van der Waals surface area contributed by atoms with Crippen LogP contribution in [0.25, 0.3) is 0 Å². The molecule has 26 heavy (non-hydrogen) atoms. The Morgan fingerprint density at radius 2 is 2.15 bits per heavy atom. The van der Waals surface area contributed by atoms with Gasteiger partial charge in [0.05, 0.1) is 12.5 Å². The van der Waals surface area contributed by atoms with Crippen molar-refractivity contribution < 1.29 is 19.4 Å². The molecular formula is C14H27ClN6O5. The van der Waals surface area contributed by atoms with Gasteiger partial charge in [-0.15, -0.1) is 17.8 Å². The number of nitrogens with two attached hydrogens (primary N) is 2. The molecule has 0 radical (unpaired) electrons. The van der Waals surface area contributed by atoms with E-state index in [0.29, 0.717) is 25.8 Å². The van der Waals surface area contributed by atoms with Gasteiger partial charge in [0.25, 0.3) is 5.91 Å². The van der Waals surface area contributed by atoms with Crippen LogP contribution in [0.2, 0.25) is 0 Å². The highest BCUT2D eigenvalue weighted by molar-refractivity contribution is 5.85. The lowest BCUT2D eigenvalue weighted by atomic mass is 9.97. The number of hydrogen-bond donors (Lipinski definition) is 3. The molecule has 1 unspecified atom stereocenters. The van der Waals surface area contributed by atoms with Crippen molar-refractivity contribution >= 4 is 30.2 Å². The van der Waals surface area contributed by atoms with E-state index in [4.69, 9.17) is 16.2 Å². The summed E-state index contributed by atoms with van der Waals surface area (Å²) in [7, 11) is 0. The van der Waals surface area contributed by atoms with Gasteiger partial charge in [0.2, 0.25) is 0 Å². The Hall–Kier alpha value is -2.30. The summed E-state index contributed by atoms with van der Waals surface area (Å²) < 4.78 is 5.00. The molecule has 0 spiro atoms. The molecule has 5 N–H and O–H groups in total. The van der Waals surface area contributed by atoms with E-state index in [9.17, 15) is 19.7 Å². The van der Waals surface area contributed by atoms with Crippen molar-refractivity contribution in [1.82, 2.24) is 10.3 Å².